The number of hydrogen-bond acceptors (Lipinski definition) is 5. The van der Waals surface area contributed by atoms with Crippen LogP contribution in [-0.4, -0.2) is 26.6 Å². The second kappa shape index (κ2) is 11.0. The molecule has 7 heteroatoms. The van der Waals surface area contributed by atoms with Gasteiger partial charge in [-0.2, -0.15) is 8.78 Å². The summed E-state index contributed by atoms with van der Waals surface area (Å²) in [5, 5.41) is 0. The third kappa shape index (κ3) is 5.98. The Morgan fingerprint density at radius 1 is 0.914 bits per heavy atom. The van der Waals surface area contributed by atoms with Gasteiger partial charge in [0.05, 0.1) is 14.2 Å². The van der Waals surface area contributed by atoms with Crippen LogP contribution in [-0.2, 0) is 19.4 Å². The molecule has 1 aliphatic rings. The first-order chi connectivity index (χ1) is 17.0. The second-order valence-electron chi connectivity index (χ2n) is 8.09. The van der Waals surface area contributed by atoms with Crippen molar-refractivity contribution in [2.45, 2.75) is 32.5 Å². The molecule has 0 atom stereocenters. The molecule has 35 heavy (non-hydrogen) atoms. The zero-order chi connectivity index (χ0) is 24.8. The zero-order valence-corrected chi connectivity index (χ0v) is 19.6. The van der Waals surface area contributed by atoms with Gasteiger partial charge in [0.1, 0.15) is 18.1 Å². The number of halogens is 2. The number of benzene rings is 3. The molecule has 0 aliphatic heterocycles. The molecule has 0 aromatic heterocycles. The SMILES string of the molecule is COc1ccc(/C=C/C(=O)c2ccc(OC(F)F)c(OC)c2)cc1COc1ccc2c(c1)CCC2. The first-order valence-corrected chi connectivity index (χ1v) is 11.2. The van der Waals surface area contributed by atoms with Gasteiger partial charge in [-0.25, -0.2) is 0 Å². The lowest BCUT2D eigenvalue weighted by molar-refractivity contribution is -0.0512. The summed E-state index contributed by atoms with van der Waals surface area (Å²) in [6.45, 7) is -2.67. The molecular weight excluding hydrogens is 454 g/mol. The number of ether oxygens (including phenoxy) is 4. The van der Waals surface area contributed by atoms with Crippen molar-refractivity contribution in [1.82, 2.24) is 0 Å². The minimum absolute atomic E-state index is 0.0555. The minimum atomic E-state index is -2.98. The van der Waals surface area contributed by atoms with Crippen molar-refractivity contribution in [3.8, 4) is 23.0 Å². The van der Waals surface area contributed by atoms with E-state index in [1.54, 1.807) is 13.2 Å². The number of ketones is 1. The first kappa shape index (κ1) is 24.3. The van der Waals surface area contributed by atoms with Gasteiger partial charge in [0.2, 0.25) is 0 Å². The van der Waals surface area contributed by atoms with Gasteiger partial charge in [0, 0.05) is 11.1 Å². The van der Waals surface area contributed by atoms with Gasteiger partial charge < -0.3 is 18.9 Å². The van der Waals surface area contributed by atoms with Crippen molar-refractivity contribution in [1.29, 1.82) is 0 Å². The Bertz CT molecular complexity index is 1240. The Balaban J connectivity index is 1.47. The monoisotopic (exact) mass is 480 g/mol. The van der Waals surface area contributed by atoms with E-state index in [2.05, 4.69) is 16.9 Å². The summed E-state index contributed by atoms with van der Waals surface area (Å²) >= 11 is 0. The number of hydrogen-bond donors (Lipinski definition) is 0. The number of alkyl halides is 2. The number of allylic oxidation sites excluding steroid dienone is 1. The fourth-order valence-electron chi connectivity index (χ4n) is 4.10. The van der Waals surface area contributed by atoms with Crippen molar-refractivity contribution in [3.63, 3.8) is 0 Å². The maximum absolute atomic E-state index is 12.7. The van der Waals surface area contributed by atoms with Crippen LogP contribution >= 0.6 is 0 Å². The third-order valence-electron chi connectivity index (χ3n) is 5.86. The van der Waals surface area contributed by atoms with Gasteiger partial charge in [-0.05, 0) is 84.5 Å². The molecule has 5 nitrogen and oxygen atoms in total. The molecule has 3 aromatic rings. The van der Waals surface area contributed by atoms with E-state index in [-0.39, 0.29) is 22.8 Å². The number of fused-ring (bicyclic) bond motifs is 1. The Kier molecular flexibility index (Phi) is 7.65. The third-order valence-corrected chi connectivity index (χ3v) is 5.86. The van der Waals surface area contributed by atoms with E-state index in [0.29, 0.717) is 12.4 Å². The first-order valence-electron chi connectivity index (χ1n) is 11.2. The van der Waals surface area contributed by atoms with E-state index < -0.39 is 6.61 Å². The van der Waals surface area contributed by atoms with E-state index >= 15 is 0 Å². The maximum atomic E-state index is 12.7. The lowest BCUT2D eigenvalue weighted by Gasteiger charge is -2.12. The molecule has 0 bridgehead atoms. The number of carbonyl (C=O) groups excluding carboxylic acids is 1. The highest BCUT2D eigenvalue weighted by molar-refractivity contribution is 6.07. The van der Waals surface area contributed by atoms with Gasteiger partial charge in [0.25, 0.3) is 0 Å². The van der Waals surface area contributed by atoms with Crippen LogP contribution in [0, 0.1) is 0 Å². The van der Waals surface area contributed by atoms with Gasteiger partial charge in [0.15, 0.2) is 17.3 Å². The van der Waals surface area contributed by atoms with Crippen molar-refractivity contribution >= 4 is 11.9 Å². The largest absolute Gasteiger partial charge is 0.496 e. The lowest BCUT2D eigenvalue weighted by atomic mass is 10.1. The summed E-state index contributed by atoms with van der Waals surface area (Å²) in [5.41, 5.74) is 4.65. The standard InChI is InChI=1S/C28H26F2O5/c1-32-25-12-7-18(14-22(25)17-34-23-10-8-19-4-3-5-20(19)15-23)6-11-24(31)21-9-13-26(35-28(29)30)27(16-21)33-2/h6-16,28H,3-5,17H2,1-2H3/b11-6+. The van der Waals surface area contributed by atoms with Gasteiger partial charge in [-0.15, -0.1) is 0 Å². The lowest BCUT2D eigenvalue weighted by Crippen LogP contribution is -2.04. The quantitative estimate of drug-likeness (QED) is 0.253. The summed E-state index contributed by atoms with van der Waals surface area (Å²) in [6.07, 6.45) is 6.47. The molecule has 0 radical (unpaired) electrons. The smallest absolute Gasteiger partial charge is 0.387 e. The van der Waals surface area contributed by atoms with Gasteiger partial charge >= 0.3 is 6.61 Å². The van der Waals surface area contributed by atoms with Crippen LogP contribution in [0.2, 0.25) is 0 Å². The Labute approximate surface area is 202 Å². The molecule has 0 unspecified atom stereocenters. The second-order valence-corrected chi connectivity index (χ2v) is 8.09. The van der Waals surface area contributed by atoms with Gasteiger partial charge in [-0.1, -0.05) is 18.2 Å². The normalized spacial score (nSPS) is 12.6. The number of carbonyl (C=O) groups is 1. The molecule has 0 saturated carbocycles. The summed E-state index contributed by atoms with van der Waals surface area (Å²) in [7, 11) is 2.92. The molecule has 0 fully saturated rings. The minimum Gasteiger partial charge on any atom is -0.496 e. The van der Waals surface area contributed by atoms with E-state index in [1.165, 1.54) is 48.9 Å². The highest BCUT2D eigenvalue weighted by atomic mass is 19.3. The van der Waals surface area contributed by atoms with E-state index in [9.17, 15) is 13.6 Å². The van der Waals surface area contributed by atoms with E-state index in [1.807, 2.05) is 24.3 Å². The van der Waals surface area contributed by atoms with Crippen LogP contribution in [0.25, 0.3) is 6.08 Å². The zero-order valence-electron chi connectivity index (χ0n) is 19.6. The summed E-state index contributed by atoms with van der Waals surface area (Å²) in [5.74, 6) is 1.12. The molecule has 0 heterocycles. The van der Waals surface area contributed by atoms with Crippen LogP contribution in [0.1, 0.15) is 39.0 Å². The van der Waals surface area contributed by atoms with Crippen LogP contribution in [0.15, 0.2) is 60.7 Å². The van der Waals surface area contributed by atoms with Crippen LogP contribution in [0.4, 0.5) is 8.78 Å². The fourth-order valence-corrected chi connectivity index (χ4v) is 4.10. The Hall–Kier alpha value is -3.87. The summed E-state index contributed by atoms with van der Waals surface area (Å²) in [4.78, 5) is 12.7. The molecule has 0 spiro atoms. The topological polar surface area (TPSA) is 54.0 Å². The number of rotatable bonds is 10. The summed E-state index contributed by atoms with van der Waals surface area (Å²) in [6, 6.07) is 15.8. The highest BCUT2D eigenvalue weighted by Crippen LogP contribution is 2.30. The fraction of sp³-hybridized carbons (Fsp3) is 0.250. The predicted octanol–water partition coefficient (Wildman–Crippen LogP) is 6.27. The molecule has 1 aliphatic carbocycles. The van der Waals surface area contributed by atoms with Crippen molar-refractivity contribution in [3.05, 3.63) is 88.5 Å². The average molecular weight is 481 g/mol. The maximum Gasteiger partial charge on any atom is 0.387 e. The van der Waals surface area contributed by atoms with Crippen molar-refractivity contribution < 1.29 is 32.5 Å². The van der Waals surface area contributed by atoms with Crippen LogP contribution in [0.5, 0.6) is 23.0 Å². The molecule has 0 saturated heterocycles. The van der Waals surface area contributed by atoms with Crippen molar-refractivity contribution in [2.75, 3.05) is 14.2 Å². The number of methoxy groups -OCH3 is 2. The molecular formula is C28H26F2O5. The summed E-state index contributed by atoms with van der Waals surface area (Å²) < 4.78 is 46.0. The van der Waals surface area contributed by atoms with Gasteiger partial charge in [-0.3, -0.25) is 4.79 Å². The van der Waals surface area contributed by atoms with E-state index in [0.717, 1.165) is 29.7 Å². The molecule has 0 amide bonds. The number of aryl methyl sites for hydroxylation is 2. The Morgan fingerprint density at radius 3 is 2.46 bits per heavy atom. The Morgan fingerprint density at radius 2 is 1.69 bits per heavy atom. The molecule has 182 valence electrons. The van der Waals surface area contributed by atoms with Crippen molar-refractivity contribution in [2.24, 2.45) is 0 Å². The highest BCUT2D eigenvalue weighted by Gasteiger charge is 2.14. The van der Waals surface area contributed by atoms with Crippen LogP contribution in [0.3, 0.4) is 0 Å². The van der Waals surface area contributed by atoms with E-state index in [4.69, 9.17) is 14.2 Å². The van der Waals surface area contributed by atoms with Crippen LogP contribution < -0.4 is 18.9 Å². The molecule has 4 rings (SSSR count). The molecule has 0 N–H and O–H groups in total. The predicted molar refractivity (Wildman–Crippen MR) is 129 cm³/mol. The molecule has 3 aromatic carbocycles. The average Bonchev–Trinajstić information content (AvgIpc) is 3.34.